The van der Waals surface area contributed by atoms with Crippen molar-refractivity contribution in [3.05, 3.63) is 29.6 Å². The van der Waals surface area contributed by atoms with Crippen LogP contribution in [0.15, 0.2) is 18.5 Å². The van der Waals surface area contributed by atoms with E-state index in [0.717, 1.165) is 26.0 Å². The first-order valence-corrected chi connectivity index (χ1v) is 5.91. The van der Waals surface area contributed by atoms with Gasteiger partial charge in [0.1, 0.15) is 0 Å². The zero-order valence-electron chi connectivity index (χ0n) is 10.5. The van der Waals surface area contributed by atoms with E-state index in [1.54, 1.807) is 7.11 Å². The third-order valence-electron chi connectivity index (χ3n) is 2.59. The van der Waals surface area contributed by atoms with Crippen LogP contribution >= 0.6 is 0 Å². The molecule has 1 unspecified atom stereocenters. The molecule has 0 bridgehead atoms. The summed E-state index contributed by atoms with van der Waals surface area (Å²) in [6.45, 7) is 6.01. The molecule has 1 rings (SSSR count). The van der Waals surface area contributed by atoms with Gasteiger partial charge in [-0.1, -0.05) is 13.0 Å². The summed E-state index contributed by atoms with van der Waals surface area (Å²) < 4.78 is 5.09. The van der Waals surface area contributed by atoms with Gasteiger partial charge in [-0.05, 0) is 37.4 Å². The van der Waals surface area contributed by atoms with Crippen LogP contribution in [-0.4, -0.2) is 25.2 Å². The minimum absolute atomic E-state index is 0.396. The fourth-order valence-electron chi connectivity index (χ4n) is 1.83. The highest BCUT2D eigenvalue weighted by Gasteiger charge is 2.10. The molecule has 1 heterocycles. The van der Waals surface area contributed by atoms with Crippen LogP contribution in [0.1, 0.15) is 36.9 Å². The Hall–Kier alpha value is -0.930. The van der Waals surface area contributed by atoms with Gasteiger partial charge >= 0.3 is 0 Å². The van der Waals surface area contributed by atoms with E-state index in [9.17, 15) is 0 Å². The molecule has 90 valence electrons. The molecule has 0 amide bonds. The Morgan fingerprint density at radius 3 is 2.88 bits per heavy atom. The standard InChI is InChI=1S/C13H22N2O/c1-4-15-13(6-5-7-16-3)12-8-11(2)9-14-10-12/h8-10,13,15H,4-7H2,1-3H3. The number of rotatable bonds is 7. The number of hydrogen-bond acceptors (Lipinski definition) is 3. The second-order valence-corrected chi connectivity index (χ2v) is 4.04. The molecule has 1 N–H and O–H groups in total. The van der Waals surface area contributed by atoms with E-state index >= 15 is 0 Å². The quantitative estimate of drug-likeness (QED) is 0.720. The van der Waals surface area contributed by atoms with Crippen molar-refractivity contribution in [2.45, 2.75) is 32.7 Å². The molecule has 0 aromatic carbocycles. The van der Waals surface area contributed by atoms with E-state index in [4.69, 9.17) is 4.74 Å². The highest BCUT2D eigenvalue weighted by Crippen LogP contribution is 2.18. The van der Waals surface area contributed by atoms with Gasteiger partial charge in [0, 0.05) is 32.2 Å². The number of nitrogens with one attached hydrogen (secondary N) is 1. The summed E-state index contributed by atoms with van der Waals surface area (Å²) in [5.41, 5.74) is 2.49. The monoisotopic (exact) mass is 222 g/mol. The fourth-order valence-corrected chi connectivity index (χ4v) is 1.83. The molecule has 1 aromatic rings. The fraction of sp³-hybridized carbons (Fsp3) is 0.615. The SMILES string of the molecule is CCNC(CCCOC)c1cncc(C)c1. The molecular weight excluding hydrogens is 200 g/mol. The number of pyridine rings is 1. The third kappa shape index (κ3) is 4.29. The Kier molecular flexibility index (Phi) is 6.04. The molecule has 3 heteroatoms. The van der Waals surface area contributed by atoms with E-state index in [1.165, 1.54) is 11.1 Å². The van der Waals surface area contributed by atoms with Crippen LogP contribution in [0.4, 0.5) is 0 Å². The first-order valence-electron chi connectivity index (χ1n) is 5.91. The number of aryl methyl sites for hydroxylation is 1. The smallest absolute Gasteiger partial charge is 0.0462 e. The van der Waals surface area contributed by atoms with Gasteiger partial charge in [0.25, 0.3) is 0 Å². The molecule has 16 heavy (non-hydrogen) atoms. The van der Waals surface area contributed by atoms with Crippen LogP contribution in [0, 0.1) is 6.92 Å². The Balaban J connectivity index is 2.61. The molecule has 0 fully saturated rings. The van der Waals surface area contributed by atoms with Crippen LogP contribution in [0.5, 0.6) is 0 Å². The van der Waals surface area contributed by atoms with Crippen molar-refractivity contribution in [2.24, 2.45) is 0 Å². The van der Waals surface area contributed by atoms with Crippen molar-refractivity contribution in [2.75, 3.05) is 20.3 Å². The van der Waals surface area contributed by atoms with E-state index in [-0.39, 0.29) is 0 Å². The van der Waals surface area contributed by atoms with Crippen LogP contribution in [0.3, 0.4) is 0 Å². The van der Waals surface area contributed by atoms with Gasteiger partial charge < -0.3 is 10.1 Å². The van der Waals surface area contributed by atoms with Gasteiger partial charge in [0.2, 0.25) is 0 Å². The van der Waals surface area contributed by atoms with E-state index in [2.05, 4.69) is 30.2 Å². The molecule has 0 saturated carbocycles. The van der Waals surface area contributed by atoms with Gasteiger partial charge in [0.15, 0.2) is 0 Å². The Morgan fingerprint density at radius 1 is 1.44 bits per heavy atom. The van der Waals surface area contributed by atoms with E-state index in [0.29, 0.717) is 6.04 Å². The summed E-state index contributed by atoms with van der Waals surface area (Å²) >= 11 is 0. The minimum atomic E-state index is 0.396. The summed E-state index contributed by atoms with van der Waals surface area (Å²) in [6.07, 6.45) is 6.00. The maximum absolute atomic E-state index is 5.09. The second kappa shape index (κ2) is 7.36. The van der Waals surface area contributed by atoms with E-state index < -0.39 is 0 Å². The average Bonchev–Trinajstić information content (AvgIpc) is 2.28. The molecule has 0 radical (unpaired) electrons. The zero-order valence-corrected chi connectivity index (χ0v) is 10.5. The van der Waals surface area contributed by atoms with Crippen LogP contribution in [0.25, 0.3) is 0 Å². The zero-order chi connectivity index (χ0) is 11.8. The summed E-state index contributed by atoms with van der Waals surface area (Å²) in [7, 11) is 1.75. The first kappa shape index (κ1) is 13.1. The Labute approximate surface area is 98.2 Å². The predicted octanol–water partition coefficient (Wildman–Crippen LogP) is 2.47. The number of aromatic nitrogens is 1. The van der Waals surface area contributed by atoms with Gasteiger partial charge in [-0.3, -0.25) is 4.98 Å². The van der Waals surface area contributed by atoms with Gasteiger partial charge in [-0.15, -0.1) is 0 Å². The van der Waals surface area contributed by atoms with Crippen LogP contribution in [0.2, 0.25) is 0 Å². The molecule has 0 aliphatic rings. The number of ether oxygens (including phenoxy) is 1. The predicted molar refractivity (Wildman–Crippen MR) is 66.5 cm³/mol. The lowest BCUT2D eigenvalue weighted by Crippen LogP contribution is -2.21. The van der Waals surface area contributed by atoms with Crippen molar-refractivity contribution >= 4 is 0 Å². The Morgan fingerprint density at radius 2 is 2.25 bits per heavy atom. The highest BCUT2D eigenvalue weighted by molar-refractivity contribution is 5.20. The maximum Gasteiger partial charge on any atom is 0.0462 e. The molecule has 0 aliphatic heterocycles. The molecule has 1 atom stereocenters. The van der Waals surface area contributed by atoms with Crippen molar-refractivity contribution < 1.29 is 4.74 Å². The summed E-state index contributed by atoms with van der Waals surface area (Å²) in [4.78, 5) is 4.24. The largest absolute Gasteiger partial charge is 0.385 e. The lowest BCUT2D eigenvalue weighted by Gasteiger charge is -2.18. The van der Waals surface area contributed by atoms with Crippen LogP contribution in [-0.2, 0) is 4.74 Å². The summed E-state index contributed by atoms with van der Waals surface area (Å²) in [6, 6.07) is 2.60. The Bertz CT molecular complexity index is 302. The van der Waals surface area contributed by atoms with Crippen LogP contribution < -0.4 is 5.32 Å². The maximum atomic E-state index is 5.09. The van der Waals surface area contributed by atoms with Gasteiger partial charge in [-0.25, -0.2) is 0 Å². The topological polar surface area (TPSA) is 34.1 Å². The summed E-state index contributed by atoms with van der Waals surface area (Å²) in [5.74, 6) is 0. The summed E-state index contributed by atoms with van der Waals surface area (Å²) in [5, 5.41) is 3.49. The second-order valence-electron chi connectivity index (χ2n) is 4.04. The minimum Gasteiger partial charge on any atom is -0.385 e. The number of nitrogens with zero attached hydrogens (tertiary/aromatic N) is 1. The van der Waals surface area contributed by atoms with Gasteiger partial charge in [0.05, 0.1) is 0 Å². The highest BCUT2D eigenvalue weighted by atomic mass is 16.5. The van der Waals surface area contributed by atoms with Crippen molar-refractivity contribution in [3.8, 4) is 0 Å². The first-order chi connectivity index (χ1) is 7.77. The normalized spacial score (nSPS) is 12.7. The third-order valence-corrected chi connectivity index (χ3v) is 2.59. The lowest BCUT2D eigenvalue weighted by molar-refractivity contribution is 0.189. The molecule has 0 saturated heterocycles. The average molecular weight is 222 g/mol. The van der Waals surface area contributed by atoms with Gasteiger partial charge in [-0.2, -0.15) is 0 Å². The number of hydrogen-bond donors (Lipinski definition) is 1. The number of methoxy groups -OCH3 is 1. The lowest BCUT2D eigenvalue weighted by atomic mass is 10.0. The van der Waals surface area contributed by atoms with E-state index in [1.807, 2.05) is 12.4 Å². The van der Waals surface area contributed by atoms with Crippen molar-refractivity contribution in [1.29, 1.82) is 0 Å². The molecule has 0 spiro atoms. The molecular formula is C13H22N2O. The molecule has 3 nitrogen and oxygen atoms in total. The molecule has 0 aliphatic carbocycles. The van der Waals surface area contributed by atoms with Crippen molar-refractivity contribution in [1.82, 2.24) is 10.3 Å². The molecule has 1 aromatic heterocycles. The van der Waals surface area contributed by atoms with Crippen molar-refractivity contribution in [3.63, 3.8) is 0 Å².